The van der Waals surface area contributed by atoms with Gasteiger partial charge in [0.05, 0.1) is 35.5 Å². The number of hydrogen-bond acceptors (Lipinski definition) is 8. The van der Waals surface area contributed by atoms with Crippen LogP contribution in [0.5, 0.6) is 0 Å². The SMILES string of the molecule is CC1(OC2CCC3NNC(c4cc(N5Cc6nnc(C(F)(F)F)n6C(C)(C)C5)ncn4)C3C2)CC1. The van der Waals surface area contributed by atoms with Gasteiger partial charge in [0, 0.05) is 24.6 Å². The Labute approximate surface area is 201 Å². The zero-order valence-corrected chi connectivity index (χ0v) is 20.1. The van der Waals surface area contributed by atoms with Crippen LogP contribution in [-0.4, -0.2) is 49.0 Å². The molecule has 0 radical (unpaired) electrons. The Balaban J connectivity index is 1.23. The number of nitrogens with one attached hydrogen (secondary N) is 2. The minimum atomic E-state index is -4.55. The van der Waals surface area contributed by atoms with E-state index in [4.69, 9.17) is 4.74 Å². The number of halogens is 3. The fourth-order valence-corrected chi connectivity index (χ4v) is 5.98. The average Bonchev–Trinajstić information content (AvgIpc) is 3.19. The van der Waals surface area contributed by atoms with Gasteiger partial charge < -0.3 is 9.64 Å². The van der Waals surface area contributed by atoms with Gasteiger partial charge in [-0.25, -0.2) is 15.4 Å². The van der Waals surface area contributed by atoms with Crippen LogP contribution in [0.4, 0.5) is 19.0 Å². The lowest BCUT2D eigenvalue weighted by atomic mass is 9.79. The zero-order chi connectivity index (χ0) is 24.6. The number of ether oxygens (including phenoxy) is 1. The molecule has 1 saturated heterocycles. The van der Waals surface area contributed by atoms with Gasteiger partial charge in [0.15, 0.2) is 5.82 Å². The molecule has 9 nitrogen and oxygen atoms in total. The van der Waals surface area contributed by atoms with Gasteiger partial charge in [0.1, 0.15) is 12.1 Å². The molecule has 12 heteroatoms. The number of hydrazine groups is 1. The summed E-state index contributed by atoms with van der Waals surface area (Å²) in [5.41, 5.74) is 6.93. The summed E-state index contributed by atoms with van der Waals surface area (Å²) in [6, 6.07) is 2.32. The van der Waals surface area contributed by atoms with Crippen LogP contribution in [-0.2, 0) is 23.0 Å². The highest BCUT2D eigenvalue weighted by Crippen LogP contribution is 2.45. The fraction of sp³-hybridized carbons (Fsp3) is 0.739. The molecule has 4 heterocycles. The number of alkyl halides is 3. The van der Waals surface area contributed by atoms with Crippen molar-refractivity contribution in [1.82, 2.24) is 35.6 Å². The number of fused-ring (bicyclic) bond motifs is 2. The van der Waals surface area contributed by atoms with Gasteiger partial charge in [-0.3, -0.25) is 9.99 Å². The van der Waals surface area contributed by atoms with Crippen LogP contribution in [0.15, 0.2) is 12.4 Å². The normalized spacial score (nSPS) is 31.2. The van der Waals surface area contributed by atoms with E-state index in [2.05, 4.69) is 37.9 Å². The molecule has 0 amide bonds. The van der Waals surface area contributed by atoms with Crippen molar-refractivity contribution in [2.24, 2.45) is 5.92 Å². The summed E-state index contributed by atoms with van der Waals surface area (Å²) in [5.74, 6) is 0.330. The Kier molecular flexibility index (Phi) is 5.18. The maximum atomic E-state index is 13.5. The molecule has 2 aromatic heterocycles. The fourth-order valence-electron chi connectivity index (χ4n) is 5.98. The first kappa shape index (κ1) is 23.1. The third kappa shape index (κ3) is 4.19. The van der Waals surface area contributed by atoms with Crippen molar-refractivity contribution in [1.29, 1.82) is 0 Å². The lowest BCUT2D eigenvalue weighted by molar-refractivity contribution is -0.149. The van der Waals surface area contributed by atoms with E-state index in [0.717, 1.165) is 37.8 Å². The number of anilines is 1. The van der Waals surface area contributed by atoms with Crippen LogP contribution in [0, 0.1) is 5.92 Å². The van der Waals surface area contributed by atoms with Gasteiger partial charge in [-0.15, -0.1) is 10.2 Å². The Bertz CT molecular complexity index is 1110. The van der Waals surface area contributed by atoms with E-state index in [1.807, 2.05) is 11.0 Å². The van der Waals surface area contributed by atoms with Gasteiger partial charge in [0.2, 0.25) is 5.82 Å². The number of rotatable bonds is 4. The van der Waals surface area contributed by atoms with Crippen LogP contribution < -0.4 is 15.8 Å². The minimum Gasteiger partial charge on any atom is -0.372 e. The first-order valence-corrected chi connectivity index (χ1v) is 12.3. The molecule has 2 aliphatic heterocycles. The first-order chi connectivity index (χ1) is 16.5. The summed E-state index contributed by atoms with van der Waals surface area (Å²) in [5, 5.41) is 7.32. The lowest BCUT2D eigenvalue weighted by Gasteiger charge is -2.40. The monoisotopic (exact) mass is 492 g/mol. The van der Waals surface area contributed by atoms with E-state index in [9.17, 15) is 13.2 Å². The van der Waals surface area contributed by atoms with E-state index < -0.39 is 17.5 Å². The number of nitrogens with zero attached hydrogens (tertiary/aromatic N) is 6. The van der Waals surface area contributed by atoms with Gasteiger partial charge >= 0.3 is 6.18 Å². The van der Waals surface area contributed by atoms with E-state index in [0.29, 0.717) is 24.3 Å². The standard InChI is InChI=1S/C23H31F3N8O/c1-21(2)11-33(10-18-30-32-20(34(18)21)23(24,25)26)17-9-16(27-12-28-17)19-14-8-13(35-22(3)6-7-22)4-5-15(14)29-31-19/h9,12-15,19,29,31H,4-8,10-11H2,1-3H3. The Morgan fingerprint density at radius 1 is 1.09 bits per heavy atom. The zero-order valence-electron chi connectivity index (χ0n) is 20.1. The molecule has 3 fully saturated rings. The van der Waals surface area contributed by atoms with Gasteiger partial charge in [-0.1, -0.05) is 0 Å². The molecule has 0 aromatic carbocycles. The van der Waals surface area contributed by atoms with Crippen LogP contribution in [0.2, 0.25) is 0 Å². The van der Waals surface area contributed by atoms with Crippen LogP contribution in [0.1, 0.15) is 76.3 Å². The molecule has 35 heavy (non-hydrogen) atoms. The summed E-state index contributed by atoms with van der Waals surface area (Å²) in [6.45, 7) is 6.25. The summed E-state index contributed by atoms with van der Waals surface area (Å²) >= 11 is 0. The third-order valence-electron chi connectivity index (χ3n) is 7.92. The molecule has 2 N–H and O–H groups in total. The molecule has 2 saturated carbocycles. The second-order valence-corrected chi connectivity index (χ2v) is 11.3. The average molecular weight is 493 g/mol. The number of hydrogen-bond donors (Lipinski definition) is 2. The van der Waals surface area contributed by atoms with Crippen LogP contribution >= 0.6 is 0 Å². The molecule has 4 unspecified atom stereocenters. The lowest BCUT2D eigenvalue weighted by Crippen LogP contribution is -2.48. The van der Waals surface area contributed by atoms with E-state index in [1.165, 1.54) is 10.9 Å². The van der Waals surface area contributed by atoms with Crippen molar-refractivity contribution in [3.63, 3.8) is 0 Å². The highest BCUT2D eigenvalue weighted by atomic mass is 19.4. The predicted molar refractivity (Wildman–Crippen MR) is 120 cm³/mol. The second-order valence-electron chi connectivity index (χ2n) is 11.3. The smallest absolute Gasteiger partial charge is 0.372 e. The molecule has 0 spiro atoms. The largest absolute Gasteiger partial charge is 0.451 e. The van der Waals surface area contributed by atoms with E-state index in [1.54, 1.807) is 13.8 Å². The van der Waals surface area contributed by atoms with Crippen LogP contribution in [0.25, 0.3) is 0 Å². The van der Waals surface area contributed by atoms with Gasteiger partial charge in [-0.2, -0.15) is 13.2 Å². The van der Waals surface area contributed by atoms with Crippen molar-refractivity contribution in [3.8, 4) is 0 Å². The highest BCUT2D eigenvalue weighted by Gasteiger charge is 2.47. The van der Waals surface area contributed by atoms with Crippen molar-refractivity contribution < 1.29 is 17.9 Å². The second kappa shape index (κ2) is 7.84. The Morgan fingerprint density at radius 3 is 2.63 bits per heavy atom. The summed E-state index contributed by atoms with van der Waals surface area (Å²) < 4.78 is 48.0. The molecule has 4 aliphatic rings. The maximum Gasteiger partial charge on any atom is 0.451 e. The summed E-state index contributed by atoms with van der Waals surface area (Å²) in [6.07, 6.45) is 2.57. The maximum absolute atomic E-state index is 13.5. The van der Waals surface area contributed by atoms with E-state index >= 15 is 0 Å². The molecule has 6 rings (SSSR count). The van der Waals surface area contributed by atoms with Crippen molar-refractivity contribution in [2.45, 2.75) is 94.9 Å². The minimum absolute atomic E-state index is 0.0124. The topological polar surface area (TPSA) is 93.0 Å². The van der Waals surface area contributed by atoms with Crippen molar-refractivity contribution >= 4 is 5.82 Å². The summed E-state index contributed by atoms with van der Waals surface area (Å²) in [7, 11) is 0. The predicted octanol–water partition coefficient (Wildman–Crippen LogP) is 3.10. The number of aromatic nitrogens is 5. The Morgan fingerprint density at radius 2 is 1.89 bits per heavy atom. The molecular formula is C23H31F3N8O. The molecular weight excluding hydrogens is 461 g/mol. The third-order valence-corrected chi connectivity index (χ3v) is 7.92. The first-order valence-electron chi connectivity index (χ1n) is 12.3. The van der Waals surface area contributed by atoms with Crippen molar-refractivity contribution in [2.75, 3.05) is 11.4 Å². The molecule has 2 aliphatic carbocycles. The molecule has 2 aromatic rings. The van der Waals surface area contributed by atoms with Gasteiger partial charge in [-0.05, 0) is 52.9 Å². The quantitative estimate of drug-likeness (QED) is 0.673. The van der Waals surface area contributed by atoms with Crippen LogP contribution in [0.3, 0.4) is 0 Å². The summed E-state index contributed by atoms with van der Waals surface area (Å²) in [4.78, 5) is 11.0. The molecule has 190 valence electrons. The van der Waals surface area contributed by atoms with Gasteiger partial charge in [0.25, 0.3) is 0 Å². The van der Waals surface area contributed by atoms with Crippen molar-refractivity contribution in [3.05, 3.63) is 29.7 Å². The Hall–Kier alpha value is -2.31. The highest BCUT2D eigenvalue weighted by molar-refractivity contribution is 5.42. The van der Waals surface area contributed by atoms with E-state index in [-0.39, 0.29) is 30.1 Å². The molecule has 0 bridgehead atoms. The molecule has 4 atom stereocenters.